The molecule has 1 saturated heterocycles. The average Bonchev–Trinajstić information content (AvgIpc) is 3.33. The van der Waals surface area contributed by atoms with Crippen LogP contribution in [0.3, 0.4) is 0 Å². The average molecular weight is 579 g/mol. The van der Waals surface area contributed by atoms with E-state index < -0.39 is 0 Å². The zero-order chi connectivity index (χ0) is 23.8. The molecule has 0 spiro atoms. The first-order valence-corrected chi connectivity index (χ1v) is 13.6. The Hall–Kier alpha value is -3.08. The van der Waals surface area contributed by atoms with E-state index in [4.69, 9.17) is 0 Å². The van der Waals surface area contributed by atoms with E-state index in [1.807, 2.05) is 24.3 Å². The number of para-hydroxylation sites is 1. The zero-order valence-electron chi connectivity index (χ0n) is 18.8. The van der Waals surface area contributed by atoms with Crippen LogP contribution >= 0.6 is 0 Å². The quantitative estimate of drug-likeness (QED) is 0.210. The Balaban J connectivity index is 1.60. The van der Waals surface area contributed by atoms with E-state index >= 15 is 0 Å². The van der Waals surface area contributed by atoms with Crippen molar-refractivity contribution in [3.05, 3.63) is 94.9 Å². The number of benzene rings is 3. The van der Waals surface area contributed by atoms with Gasteiger partial charge in [-0.1, -0.05) is 0 Å². The van der Waals surface area contributed by atoms with Gasteiger partial charge in [-0.15, -0.1) is 0 Å². The SMILES string of the molecule is CN1C(=O)C(=Cc2ccc(N(c3ccccc3)c3cccc4ccccc34)[se]2)C(=O)N(C)C1[SeH]. The molecule has 0 unspecified atom stereocenters. The molecule has 2 amide bonds. The van der Waals surface area contributed by atoms with Gasteiger partial charge in [-0.2, -0.15) is 0 Å². The van der Waals surface area contributed by atoms with Crippen LogP contribution in [-0.4, -0.2) is 71.3 Å². The summed E-state index contributed by atoms with van der Waals surface area (Å²) in [6.07, 6.45) is 1.77. The molecule has 0 radical (unpaired) electrons. The molecule has 1 aromatic heterocycles. The van der Waals surface area contributed by atoms with Gasteiger partial charge in [0.15, 0.2) is 0 Å². The van der Waals surface area contributed by atoms with Crippen LogP contribution in [-0.2, 0) is 9.59 Å². The molecular formula is C27H23N3O2Se2. The standard InChI is InChI=1S/C27H23N3O2Se2/c1-28-25(31)22(26(32)29(2)27(28)33)17-20-15-16-24(34-20)30(19-11-4-3-5-12-19)23-14-8-10-18-9-6-7-13-21(18)23/h3-17,27,33H,1-2H3. The third-order valence-electron chi connectivity index (χ3n) is 5.94. The molecule has 3 aromatic carbocycles. The number of nitrogens with zero attached hydrogens (tertiary/aromatic N) is 3. The fraction of sp³-hybridized carbons (Fsp3) is 0.111. The summed E-state index contributed by atoms with van der Waals surface area (Å²) in [5, 5.41) is 2.03. The van der Waals surface area contributed by atoms with E-state index in [0.717, 1.165) is 20.4 Å². The van der Waals surface area contributed by atoms with E-state index in [1.165, 1.54) is 10.8 Å². The maximum absolute atomic E-state index is 12.8. The van der Waals surface area contributed by atoms with Crippen molar-refractivity contribution in [2.75, 3.05) is 19.0 Å². The number of anilines is 3. The van der Waals surface area contributed by atoms with Gasteiger partial charge in [0.05, 0.1) is 0 Å². The Labute approximate surface area is 212 Å². The van der Waals surface area contributed by atoms with Crippen molar-refractivity contribution in [1.29, 1.82) is 0 Å². The van der Waals surface area contributed by atoms with Crippen molar-refractivity contribution in [3.63, 3.8) is 0 Å². The number of amides is 2. The summed E-state index contributed by atoms with van der Waals surface area (Å²) in [5.74, 6) is -0.485. The second-order valence-electron chi connectivity index (χ2n) is 8.08. The second kappa shape index (κ2) is 9.28. The number of fused-ring (bicyclic) bond motifs is 1. The fourth-order valence-corrected chi connectivity index (χ4v) is 6.62. The van der Waals surface area contributed by atoms with E-state index in [1.54, 1.807) is 30.0 Å². The topological polar surface area (TPSA) is 43.9 Å². The number of carbonyl (C=O) groups excluding carboxylic acids is 2. The molecule has 7 heteroatoms. The summed E-state index contributed by atoms with van der Waals surface area (Å²) >= 11 is 2.28. The Morgan fingerprint density at radius 1 is 0.824 bits per heavy atom. The Morgan fingerprint density at radius 3 is 2.21 bits per heavy atom. The van der Waals surface area contributed by atoms with E-state index in [9.17, 15) is 9.59 Å². The normalized spacial score (nSPS) is 16.3. The number of hydrogen-bond acceptors (Lipinski definition) is 3. The van der Waals surface area contributed by atoms with Gasteiger partial charge in [0, 0.05) is 0 Å². The Morgan fingerprint density at radius 2 is 1.47 bits per heavy atom. The summed E-state index contributed by atoms with van der Waals surface area (Å²) in [5.41, 5.74) is 2.40. The van der Waals surface area contributed by atoms with Crippen molar-refractivity contribution in [2.45, 2.75) is 5.06 Å². The number of likely N-dealkylation sites (N-methyl/N-ethyl adjacent to an activating group) is 2. The van der Waals surface area contributed by atoms with Crippen molar-refractivity contribution in [3.8, 4) is 0 Å². The predicted octanol–water partition coefficient (Wildman–Crippen LogP) is 3.86. The molecule has 2 heterocycles. The molecule has 0 aliphatic carbocycles. The van der Waals surface area contributed by atoms with Gasteiger partial charge in [0.25, 0.3) is 0 Å². The maximum atomic E-state index is 12.8. The van der Waals surface area contributed by atoms with Gasteiger partial charge in [-0.05, 0) is 0 Å². The number of rotatable bonds is 4. The van der Waals surface area contributed by atoms with E-state index in [0.29, 0.717) is 0 Å². The first kappa shape index (κ1) is 22.7. The van der Waals surface area contributed by atoms with Crippen LogP contribution in [0.25, 0.3) is 16.8 Å². The molecule has 34 heavy (non-hydrogen) atoms. The third kappa shape index (κ3) is 4.02. The molecule has 1 fully saturated rings. The van der Waals surface area contributed by atoms with Gasteiger partial charge in [-0.3, -0.25) is 0 Å². The van der Waals surface area contributed by atoms with Crippen LogP contribution in [0.15, 0.2) is 90.5 Å². The van der Waals surface area contributed by atoms with Gasteiger partial charge < -0.3 is 0 Å². The van der Waals surface area contributed by atoms with Crippen molar-refractivity contribution < 1.29 is 9.59 Å². The minimum atomic E-state index is -0.318. The molecule has 1 aliphatic heterocycles. The van der Waals surface area contributed by atoms with Crippen LogP contribution in [0.5, 0.6) is 0 Å². The summed E-state index contributed by atoms with van der Waals surface area (Å²) < 4.78 is 2.13. The van der Waals surface area contributed by atoms with Crippen LogP contribution in [0, 0.1) is 0 Å². The number of carbonyl (C=O) groups is 2. The van der Waals surface area contributed by atoms with E-state index in [2.05, 4.69) is 81.6 Å². The van der Waals surface area contributed by atoms with Crippen LogP contribution in [0.1, 0.15) is 4.44 Å². The first-order valence-electron chi connectivity index (χ1n) is 10.8. The van der Waals surface area contributed by atoms with Crippen molar-refractivity contribution in [2.24, 2.45) is 0 Å². The van der Waals surface area contributed by atoms with Crippen LogP contribution in [0.4, 0.5) is 15.9 Å². The molecule has 4 aromatic rings. The second-order valence-corrected chi connectivity index (χ2v) is 11.3. The van der Waals surface area contributed by atoms with Gasteiger partial charge in [-0.25, -0.2) is 0 Å². The van der Waals surface area contributed by atoms with Crippen molar-refractivity contribution in [1.82, 2.24) is 9.80 Å². The summed E-state index contributed by atoms with van der Waals surface area (Å²) in [4.78, 5) is 31.1. The molecular weight excluding hydrogens is 556 g/mol. The molecule has 0 atom stereocenters. The fourth-order valence-electron chi connectivity index (χ4n) is 4.11. The molecule has 5 rings (SSSR count). The number of hydrogen-bond donors (Lipinski definition) is 0. The molecule has 170 valence electrons. The minimum absolute atomic E-state index is 0.0867. The van der Waals surface area contributed by atoms with Gasteiger partial charge >= 0.3 is 214 Å². The van der Waals surface area contributed by atoms with E-state index in [-0.39, 0.29) is 37.0 Å². The van der Waals surface area contributed by atoms with Gasteiger partial charge in [0.1, 0.15) is 0 Å². The summed E-state index contributed by atoms with van der Waals surface area (Å²) in [7, 11) is 3.44. The van der Waals surface area contributed by atoms with Crippen LogP contribution < -0.4 is 4.90 Å². The molecule has 1 aliphatic rings. The Kier molecular flexibility index (Phi) is 6.20. The molecule has 0 N–H and O–H groups in total. The van der Waals surface area contributed by atoms with Crippen LogP contribution in [0.2, 0.25) is 0 Å². The first-order chi connectivity index (χ1) is 16.5. The predicted molar refractivity (Wildman–Crippen MR) is 140 cm³/mol. The molecule has 0 bridgehead atoms. The van der Waals surface area contributed by atoms with Gasteiger partial charge in [0.2, 0.25) is 0 Å². The monoisotopic (exact) mass is 581 g/mol. The third-order valence-corrected chi connectivity index (χ3v) is 9.52. The summed E-state index contributed by atoms with van der Waals surface area (Å²) in [6.45, 7) is 0. The summed E-state index contributed by atoms with van der Waals surface area (Å²) in [6, 6.07) is 29.1. The van der Waals surface area contributed by atoms with Crippen molar-refractivity contribution >= 4 is 75.1 Å². The Bertz CT molecular complexity index is 1380. The zero-order valence-corrected chi connectivity index (χ0v) is 22.3. The molecule has 0 saturated carbocycles. The molecule has 5 nitrogen and oxygen atoms in total.